The molecule has 1 saturated heterocycles. The summed E-state index contributed by atoms with van der Waals surface area (Å²) in [4.78, 5) is 0. The molecule has 1 heterocycles. The van der Waals surface area contributed by atoms with Gasteiger partial charge in [0, 0.05) is 12.3 Å². The van der Waals surface area contributed by atoms with Crippen molar-refractivity contribution in [3.05, 3.63) is 12.7 Å². The zero-order valence-electron chi connectivity index (χ0n) is 4.18. The average molecular weight is 115 g/mol. The molecule has 1 unspecified atom stereocenters. The van der Waals surface area contributed by atoms with Gasteiger partial charge in [-0.05, 0) is 0 Å². The Hall–Kier alpha value is 0.0500. The number of nitrogens with one attached hydrogen (secondary N) is 1. The fourth-order valence-electron chi connectivity index (χ4n) is 0.597. The Morgan fingerprint density at radius 1 is 1.86 bits per heavy atom. The Kier molecular flexibility index (Phi) is 1.77. The lowest BCUT2D eigenvalue weighted by atomic mass is 10.6. The number of hydrogen-bond acceptors (Lipinski definition) is 2. The van der Waals surface area contributed by atoms with E-state index < -0.39 is 0 Å². The number of rotatable bonds is 1. The van der Waals surface area contributed by atoms with Gasteiger partial charge >= 0.3 is 0 Å². The van der Waals surface area contributed by atoms with Crippen LogP contribution in [0.3, 0.4) is 0 Å². The van der Waals surface area contributed by atoms with Crippen LogP contribution in [0, 0.1) is 0 Å². The Morgan fingerprint density at radius 3 is 3.00 bits per heavy atom. The molecule has 1 N–H and O–H groups in total. The van der Waals surface area contributed by atoms with Crippen molar-refractivity contribution in [2.45, 2.75) is 5.37 Å². The van der Waals surface area contributed by atoms with Gasteiger partial charge in [-0.2, -0.15) is 0 Å². The van der Waals surface area contributed by atoms with Crippen LogP contribution < -0.4 is 5.32 Å². The first-order valence-electron chi connectivity index (χ1n) is 2.41. The summed E-state index contributed by atoms with van der Waals surface area (Å²) in [5, 5.41) is 3.78. The van der Waals surface area contributed by atoms with Gasteiger partial charge in [0.25, 0.3) is 0 Å². The van der Waals surface area contributed by atoms with E-state index in [1.807, 2.05) is 17.8 Å². The van der Waals surface area contributed by atoms with Crippen LogP contribution in [0.5, 0.6) is 0 Å². The summed E-state index contributed by atoms with van der Waals surface area (Å²) in [6.07, 6.45) is 1.94. The van der Waals surface area contributed by atoms with E-state index in [1.54, 1.807) is 0 Å². The van der Waals surface area contributed by atoms with Gasteiger partial charge in [-0.15, -0.1) is 18.3 Å². The van der Waals surface area contributed by atoms with E-state index in [0.29, 0.717) is 5.37 Å². The molecule has 1 atom stereocenters. The summed E-state index contributed by atoms with van der Waals surface area (Å²) >= 11 is 1.91. The summed E-state index contributed by atoms with van der Waals surface area (Å²) in [6.45, 7) is 4.80. The smallest absolute Gasteiger partial charge is 0.0717 e. The first-order valence-corrected chi connectivity index (χ1v) is 3.46. The largest absolute Gasteiger partial charge is 0.301 e. The van der Waals surface area contributed by atoms with Crippen LogP contribution in [0.25, 0.3) is 0 Å². The van der Waals surface area contributed by atoms with Crippen molar-refractivity contribution in [3.63, 3.8) is 0 Å². The van der Waals surface area contributed by atoms with Gasteiger partial charge in [0.1, 0.15) is 0 Å². The van der Waals surface area contributed by atoms with E-state index in [9.17, 15) is 0 Å². The first-order chi connectivity index (χ1) is 3.43. The fourth-order valence-corrected chi connectivity index (χ4v) is 1.46. The third kappa shape index (κ3) is 1.21. The van der Waals surface area contributed by atoms with Crippen molar-refractivity contribution in [1.82, 2.24) is 5.32 Å². The van der Waals surface area contributed by atoms with Crippen molar-refractivity contribution >= 4 is 11.8 Å². The fraction of sp³-hybridized carbons (Fsp3) is 0.600. The van der Waals surface area contributed by atoms with Crippen LogP contribution in [0.15, 0.2) is 12.7 Å². The van der Waals surface area contributed by atoms with Crippen molar-refractivity contribution < 1.29 is 0 Å². The molecule has 0 amide bonds. The molecule has 1 aliphatic rings. The Balaban J connectivity index is 2.26. The molecular formula is C5H9NS. The summed E-state index contributed by atoms with van der Waals surface area (Å²) in [5.41, 5.74) is 0. The van der Waals surface area contributed by atoms with E-state index in [1.165, 1.54) is 5.75 Å². The molecule has 0 aromatic heterocycles. The highest BCUT2D eigenvalue weighted by Crippen LogP contribution is 2.12. The normalized spacial score (nSPS) is 30.6. The number of hydrogen-bond donors (Lipinski definition) is 1. The molecule has 0 radical (unpaired) electrons. The second-order valence-electron chi connectivity index (χ2n) is 1.48. The predicted octanol–water partition coefficient (Wildman–Crippen LogP) is 0.835. The highest BCUT2D eigenvalue weighted by Gasteiger charge is 2.08. The molecule has 0 aromatic carbocycles. The van der Waals surface area contributed by atoms with Crippen molar-refractivity contribution in [2.24, 2.45) is 0 Å². The highest BCUT2D eigenvalue weighted by molar-refractivity contribution is 8.00. The van der Waals surface area contributed by atoms with Gasteiger partial charge in [0.2, 0.25) is 0 Å². The van der Waals surface area contributed by atoms with Crippen LogP contribution in [0.4, 0.5) is 0 Å². The summed E-state index contributed by atoms with van der Waals surface area (Å²) in [6, 6.07) is 0. The van der Waals surface area contributed by atoms with E-state index in [-0.39, 0.29) is 0 Å². The molecule has 1 aliphatic heterocycles. The van der Waals surface area contributed by atoms with Crippen LogP contribution in [-0.4, -0.2) is 17.7 Å². The Labute approximate surface area is 48.2 Å². The minimum Gasteiger partial charge on any atom is -0.301 e. The standard InChI is InChI=1S/C5H9NS/c1-2-5-6-3-4-7-5/h2,5-6H,1,3-4H2. The van der Waals surface area contributed by atoms with Crippen molar-refractivity contribution in [1.29, 1.82) is 0 Å². The summed E-state index contributed by atoms with van der Waals surface area (Å²) in [5.74, 6) is 1.23. The molecule has 0 spiro atoms. The molecule has 7 heavy (non-hydrogen) atoms. The molecule has 40 valence electrons. The van der Waals surface area contributed by atoms with Gasteiger partial charge in [-0.3, -0.25) is 0 Å². The maximum Gasteiger partial charge on any atom is 0.0717 e. The van der Waals surface area contributed by atoms with Crippen LogP contribution >= 0.6 is 11.8 Å². The zero-order chi connectivity index (χ0) is 5.11. The molecule has 0 aromatic rings. The van der Waals surface area contributed by atoms with E-state index in [2.05, 4.69) is 11.9 Å². The Morgan fingerprint density at radius 2 is 2.71 bits per heavy atom. The van der Waals surface area contributed by atoms with Gasteiger partial charge in [-0.25, -0.2) is 0 Å². The topological polar surface area (TPSA) is 12.0 Å². The first kappa shape index (κ1) is 5.19. The summed E-state index contributed by atoms with van der Waals surface area (Å²) < 4.78 is 0. The van der Waals surface area contributed by atoms with Crippen molar-refractivity contribution in [2.75, 3.05) is 12.3 Å². The second kappa shape index (κ2) is 2.38. The van der Waals surface area contributed by atoms with E-state index >= 15 is 0 Å². The molecule has 1 nitrogen and oxygen atoms in total. The van der Waals surface area contributed by atoms with Crippen LogP contribution in [-0.2, 0) is 0 Å². The van der Waals surface area contributed by atoms with Crippen LogP contribution in [0.2, 0.25) is 0 Å². The predicted molar refractivity (Wildman–Crippen MR) is 34.4 cm³/mol. The third-order valence-corrected chi connectivity index (χ3v) is 2.12. The third-order valence-electron chi connectivity index (χ3n) is 0.959. The van der Waals surface area contributed by atoms with Crippen LogP contribution in [0.1, 0.15) is 0 Å². The van der Waals surface area contributed by atoms with E-state index in [0.717, 1.165) is 6.54 Å². The molecule has 0 bridgehead atoms. The van der Waals surface area contributed by atoms with Gasteiger partial charge in [-0.1, -0.05) is 6.08 Å². The summed E-state index contributed by atoms with van der Waals surface area (Å²) in [7, 11) is 0. The second-order valence-corrected chi connectivity index (χ2v) is 2.73. The van der Waals surface area contributed by atoms with Gasteiger partial charge in [0.05, 0.1) is 5.37 Å². The monoisotopic (exact) mass is 115 g/mol. The lowest BCUT2D eigenvalue weighted by Gasteiger charge is -1.97. The lowest BCUT2D eigenvalue weighted by Crippen LogP contribution is -2.15. The molecule has 0 aliphatic carbocycles. The quantitative estimate of drug-likeness (QED) is 0.508. The SMILES string of the molecule is C=CC1NCCS1. The average Bonchev–Trinajstić information content (AvgIpc) is 2.14. The highest BCUT2D eigenvalue weighted by atomic mass is 32.2. The number of thioether (sulfide) groups is 1. The minimum atomic E-state index is 0.528. The van der Waals surface area contributed by atoms with Gasteiger partial charge in [0.15, 0.2) is 0 Å². The molecule has 1 fully saturated rings. The minimum absolute atomic E-state index is 0.528. The lowest BCUT2D eigenvalue weighted by molar-refractivity contribution is 0.806. The molecule has 2 heteroatoms. The Bertz CT molecular complexity index is 66.5. The van der Waals surface area contributed by atoms with E-state index in [4.69, 9.17) is 0 Å². The maximum atomic E-state index is 3.66. The zero-order valence-corrected chi connectivity index (χ0v) is 5.00. The van der Waals surface area contributed by atoms with Gasteiger partial charge < -0.3 is 5.32 Å². The molecular weight excluding hydrogens is 106 g/mol. The molecule has 1 rings (SSSR count). The van der Waals surface area contributed by atoms with Crippen molar-refractivity contribution in [3.8, 4) is 0 Å². The molecule has 0 saturated carbocycles. The maximum absolute atomic E-state index is 3.66.